The number of halogens is 3. The van der Waals surface area contributed by atoms with Crippen LogP contribution in [-0.2, 0) is 11.2 Å². The van der Waals surface area contributed by atoms with Gasteiger partial charge in [-0.1, -0.05) is 35.3 Å². The van der Waals surface area contributed by atoms with Gasteiger partial charge in [-0.2, -0.15) is 0 Å². The number of carbonyl (C=O) groups is 1. The number of hydrogen-bond acceptors (Lipinski definition) is 2. The summed E-state index contributed by atoms with van der Waals surface area (Å²) >= 11 is 12.1. The molecule has 0 aliphatic heterocycles. The minimum absolute atomic E-state index is 0.0570. The maximum atomic E-state index is 13.7. The predicted molar refractivity (Wildman–Crippen MR) is 89.7 cm³/mol. The van der Waals surface area contributed by atoms with Crippen molar-refractivity contribution in [2.75, 3.05) is 7.11 Å². The van der Waals surface area contributed by atoms with E-state index in [1.807, 2.05) is 0 Å². The van der Waals surface area contributed by atoms with Gasteiger partial charge in [0.25, 0.3) is 0 Å². The van der Waals surface area contributed by atoms with Crippen LogP contribution in [0.2, 0.25) is 10.0 Å². The lowest BCUT2D eigenvalue weighted by Crippen LogP contribution is -2.28. The summed E-state index contributed by atoms with van der Waals surface area (Å²) < 4.78 is 18.6. The van der Waals surface area contributed by atoms with Gasteiger partial charge in [0.2, 0.25) is 5.91 Å². The molecular formula is C17H16Cl2FNO2. The molecule has 2 aromatic carbocycles. The van der Waals surface area contributed by atoms with Crippen molar-refractivity contribution < 1.29 is 13.9 Å². The quantitative estimate of drug-likeness (QED) is 0.853. The van der Waals surface area contributed by atoms with Crippen molar-refractivity contribution >= 4 is 29.1 Å². The van der Waals surface area contributed by atoms with Crippen LogP contribution in [0.3, 0.4) is 0 Å². The van der Waals surface area contributed by atoms with Gasteiger partial charge in [-0.05, 0) is 42.3 Å². The largest absolute Gasteiger partial charge is 0.494 e. The molecule has 0 aliphatic rings. The number of benzene rings is 2. The van der Waals surface area contributed by atoms with Crippen LogP contribution >= 0.6 is 23.2 Å². The third kappa shape index (κ3) is 4.36. The molecule has 0 spiro atoms. The zero-order chi connectivity index (χ0) is 17.0. The highest BCUT2D eigenvalue weighted by Gasteiger charge is 2.15. The average Bonchev–Trinajstić information content (AvgIpc) is 2.51. The van der Waals surface area contributed by atoms with Gasteiger partial charge in [0, 0.05) is 10.0 Å². The summed E-state index contributed by atoms with van der Waals surface area (Å²) in [4.78, 5) is 12.2. The van der Waals surface area contributed by atoms with E-state index in [1.165, 1.54) is 19.2 Å². The van der Waals surface area contributed by atoms with E-state index in [1.54, 1.807) is 31.2 Å². The molecule has 0 radical (unpaired) electrons. The van der Waals surface area contributed by atoms with Crippen LogP contribution in [0.5, 0.6) is 5.75 Å². The Balaban J connectivity index is 2.06. The van der Waals surface area contributed by atoms with Crippen molar-refractivity contribution in [3.05, 3.63) is 63.4 Å². The molecule has 0 saturated carbocycles. The van der Waals surface area contributed by atoms with E-state index in [2.05, 4.69) is 5.32 Å². The SMILES string of the molecule is COc1ccc(C(C)NC(=O)Cc2c(Cl)cccc2Cl)cc1F. The lowest BCUT2D eigenvalue weighted by Gasteiger charge is -2.16. The molecule has 122 valence electrons. The van der Waals surface area contributed by atoms with Crippen molar-refractivity contribution in [2.24, 2.45) is 0 Å². The Morgan fingerprint density at radius 2 is 1.91 bits per heavy atom. The van der Waals surface area contributed by atoms with Crippen LogP contribution < -0.4 is 10.1 Å². The molecule has 2 aromatic rings. The number of ether oxygens (including phenoxy) is 1. The molecule has 0 aliphatic carbocycles. The molecule has 23 heavy (non-hydrogen) atoms. The molecule has 1 unspecified atom stereocenters. The number of hydrogen-bond donors (Lipinski definition) is 1. The highest BCUT2D eigenvalue weighted by atomic mass is 35.5. The van der Waals surface area contributed by atoms with Crippen molar-refractivity contribution in [2.45, 2.75) is 19.4 Å². The second-order valence-corrected chi connectivity index (χ2v) is 5.87. The minimum atomic E-state index is -0.472. The molecule has 1 atom stereocenters. The normalized spacial score (nSPS) is 11.9. The van der Waals surface area contributed by atoms with Crippen LogP contribution in [0, 0.1) is 5.82 Å². The van der Waals surface area contributed by atoms with E-state index in [-0.39, 0.29) is 24.1 Å². The Labute approximate surface area is 144 Å². The smallest absolute Gasteiger partial charge is 0.225 e. The van der Waals surface area contributed by atoms with E-state index in [9.17, 15) is 9.18 Å². The van der Waals surface area contributed by atoms with Crippen molar-refractivity contribution in [1.82, 2.24) is 5.32 Å². The number of methoxy groups -OCH3 is 1. The van der Waals surface area contributed by atoms with E-state index < -0.39 is 5.82 Å². The predicted octanol–water partition coefficient (Wildman–Crippen LogP) is 4.56. The summed E-state index contributed by atoms with van der Waals surface area (Å²) in [6, 6.07) is 9.29. The molecule has 0 heterocycles. The van der Waals surface area contributed by atoms with Crippen LogP contribution in [0.4, 0.5) is 4.39 Å². The van der Waals surface area contributed by atoms with Crippen LogP contribution in [-0.4, -0.2) is 13.0 Å². The van der Waals surface area contributed by atoms with Gasteiger partial charge >= 0.3 is 0 Å². The van der Waals surface area contributed by atoms with Crippen molar-refractivity contribution in [1.29, 1.82) is 0 Å². The zero-order valence-electron chi connectivity index (χ0n) is 12.7. The molecule has 0 fully saturated rings. The number of rotatable bonds is 5. The molecule has 0 aromatic heterocycles. The fourth-order valence-electron chi connectivity index (χ4n) is 2.19. The minimum Gasteiger partial charge on any atom is -0.494 e. The van der Waals surface area contributed by atoms with Gasteiger partial charge in [0.1, 0.15) is 0 Å². The fourth-order valence-corrected chi connectivity index (χ4v) is 2.72. The highest BCUT2D eigenvalue weighted by molar-refractivity contribution is 6.36. The van der Waals surface area contributed by atoms with E-state index in [4.69, 9.17) is 27.9 Å². The Hall–Kier alpha value is -1.78. The maximum Gasteiger partial charge on any atom is 0.225 e. The third-order valence-electron chi connectivity index (χ3n) is 3.45. The molecule has 0 saturated heterocycles. The summed E-state index contributed by atoms with van der Waals surface area (Å²) in [5, 5.41) is 3.68. The summed E-state index contributed by atoms with van der Waals surface area (Å²) in [7, 11) is 1.40. The Morgan fingerprint density at radius 1 is 1.26 bits per heavy atom. The molecule has 1 N–H and O–H groups in total. The summed E-state index contributed by atoms with van der Waals surface area (Å²) in [6.07, 6.45) is 0.0570. The second kappa shape index (κ2) is 7.66. The average molecular weight is 356 g/mol. The lowest BCUT2D eigenvalue weighted by atomic mass is 10.1. The molecule has 2 rings (SSSR count). The van der Waals surface area contributed by atoms with Crippen molar-refractivity contribution in [3.63, 3.8) is 0 Å². The van der Waals surface area contributed by atoms with Gasteiger partial charge < -0.3 is 10.1 Å². The second-order valence-electron chi connectivity index (χ2n) is 5.06. The van der Waals surface area contributed by atoms with Crippen LogP contribution in [0.1, 0.15) is 24.1 Å². The first-order chi connectivity index (χ1) is 10.9. The number of nitrogens with one attached hydrogen (secondary N) is 1. The number of carbonyl (C=O) groups excluding carboxylic acids is 1. The van der Waals surface area contributed by atoms with Crippen LogP contribution in [0.15, 0.2) is 36.4 Å². The van der Waals surface area contributed by atoms with Gasteiger partial charge in [-0.25, -0.2) is 4.39 Å². The maximum absolute atomic E-state index is 13.7. The standard InChI is InChI=1S/C17H16Cl2FNO2/c1-10(11-6-7-16(23-2)15(20)8-11)21-17(22)9-12-13(18)4-3-5-14(12)19/h3-8,10H,9H2,1-2H3,(H,21,22). The highest BCUT2D eigenvalue weighted by Crippen LogP contribution is 2.25. The Bertz CT molecular complexity index is 701. The Morgan fingerprint density at radius 3 is 2.48 bits per heavy atom. The summed E-state index contributed by atoms with van der Waals surface area (Å²) in [6.45, 7) is 1.77. The van der Waals surface area contributed by atoms with Gasteiger partial charge in [-0.3, -0.25) is 4.79 Å². The monoisotopic (exact) mass is 355 g/mol. The first-order valence-electron chi connectivity index (χ1n) is 6.98. The summed E-state index contributed by atoms with van der Waals surface area (Å²) in [5.74, 6) is -0.556. The van der Waals surface area contributed by atoms with Gasteiger partial charge in [-0.15, -0.1) is 0 Å². The lowest BCUT2D eigenvalue weighted by molar-refractivity contribution is -0.121. The molecular weight excluding hydrogens is 340 g/mol. The molecule has 3 nitrogen and oxygen atoms in total. The van der Waals surface area contributed by atoms with Gasteiger partial charge in [0.15, 0.2) is 11.6 Å². The fraction of sp³-hybridized carbons (Fsp3) is 0.235. The first-order valence-corrected chi connectivity index (χ1v) is 7.73. The van der Waals surface area contributed by atoms with Crippen molar-refractivity contribution in [3.8, 4) is 5.75 Å². The topological polar surface area (TPSA) is 38.3 Å². The Kier molecular flexibility index (Phi) is 5.85. The summed E-state index contributed by atoms with van der Waals surface area (Å²) in [5.41, 5.74) is 1.21. The van der Waals surface area contributed by atoms with E-state index in [0.717, 1.165) is 0 Å². The third-order valence-corrected chi connectivity index (χ3v) is 4.16. The van der Waals surface area contributed by atoms with Gasteiger partial charge in [0.05, 0.1) is 19.6 Å². The molecule has 0 bridgehead atoms. The van der Waals surface area contributed by atoms with Crippen LogP contribution in [0.25, 0.3) is 0 Å². The first kappa shape index (κ1) is 17.6. The number of amides is 1. The van der Waals surface area contributed by atoms with E-state index >= 15 is 0 Å². The zero-order valence-corrected chi connectivity index (χ0v) is 14.2. The molecule has 6 heteroatoms. The van der Waals surface area contributed by atoms with E-state index in [0.29, 0.717) is 21.2 Å². The molecule has 1 amide bonds.